The summed E-state index contributed by atoms with van der Waals surface area (Å²) in [6, 6.07) is 8.65. The highest BCUT2D eigenvalue weighted by atomic mass is 32.2. The summed E-state index contributed by atoms with van der Waals surface area (Å²) >= 11 is 1.92. The lowest BCUT2D eigenvalue weighted by atomic mass is 10.2. The second-order valence-electron chi connectivity index (χ2n) is 3.30. The third-order valence-corrected chi connectivity index (χ3v) is 2.91. The third kappa shape index (κ3) is 3.83. The molecule has 13 heavy (non-hydrogen) atoms. The minimum atomic E-state index is 0.631. The Balaban J connectivity index is 2.53. The quantitative estimate of drug-likeness (QED) is 0.741. The van der Waals surface area contributed by atoms with Crippen LogP contribution >= 0.6 is 11.8 Å². The van der Waals surface area contributed by atoms with Crippen molar-refractivity contribution in [2.24, 2.45) is 0 Å². The SMILES string of the molecule is CNCC(C)Sc1cccc(C)c1. The molecule has 0 heterocycles. The van der Waals surface area contributed by atoms with Crippen LogP contribution in [0.15, 0.2) is 29.2 Å². The van der Waals surface area contributed by atoms with Crippen molar-refractivity contribution in [3.05, 3.63) is 29.8 Å². The van der Waals surface area contributed by atoms with Crippen LogP contribution < -0.4 is 5.32 Å². The molecule has 2 heteroatoms. The molecule has 0 aliphatic heterocycles. The molecular formula is C11H17NS. The first-order valence-corrected chi connectivity index (χ1v) is 5.48. The van der Waals surface area contributed by atoms with E-state index >= 15 is 0 Å². The summed E-state index contributed by atoms with van der Waals surface area (Å²) in [5.74, 6) is 0. The van der Waals surface area contributed by atoms with Crippen LogP contribution in [0.4, 0.5) is 0 Å². The van der Waals surface area contributed by atoms with E-state index in [0.29, 0.717) is 5.25 Å². The molecule has 0 fully saturated rings. The molecule has 1 aromatic rings. The number of nitrogens with one attached hydrogen (secondary N) is 1. The highest BCUT2D eigenvalue weighted by molar-refractivity contribution is 8.00. The van der Waals surface area contributed by atoms with Crippen LogP contribution in [0, 0.1) is 6.92 Å². The largest absolute Gasteiger partial charge is 0.319 e. The molecular weight excluding hydrogens is 178 g/mol. The summed E-state index contributed by atoms with van der Waals surface area (Å²) in [5, 5.41) is 3.81. The number of aryl methyl sites for hydroxylation is 1. The summed E-state index contributed by atoms with van der Waals surface area (Å²) in [4.78, 5) is 1.36. The Morgan fingerprint density at radius 1 is 1.46 bits per heavy atom. The highest BCUT2D eigenvalue weighted by Gasteiger charge is 2.02. The summed E-state index contributed by atoms with van der Waals surface area (Å²) in [5.41, 5.74) is 1.33. The van der Waals surface area contributed by atoms with Crippen LogP contribution in [0.3, 0.4) is 0 Å². The Labute approximate surface area is 84.9 Å². The van der Waals surface area contributed by atoms with Crippen LogP contribution in [0.5, 0.6) is 0 Å². The Kier molecular flexibility index (Phi) is 4.33. The maximum absolute atomic E-state index is 3.18. The fraction of sp³-hybridized carbons (Fsp3) is 0.455. The molecule has 0 saturated carbocycles. The van der Waals surface area contributed by atoms with Crippen molar-refractivity contribution in [2.75, 3.05) is 13.6 Å². The lowest BCUT2D eigenvalue weighted by molar-refractivity contribution is 0.785. The van der Waals surface area contributed by atoms with E-state index in [1.165, 1.54) is 10.5 Å². The van der Waals surface area contributed by atoms with Gasteiger partial charge in [-0.3, -0.25) is 0 Å². The van der Waals surface area contributed by atoms with Gasteiger partial charge < -0.3 is 5.32 Å². The van der Waals surface area contributed by atoms with E-state index in [-0.39, 0.29) is 0 Å². The molecule has 72 valence electrons. The first-order chi connectivity index (χ1) is 6.22. The summed E-state index contributed by atoms with van der Waals surface area (Å²) in [7, 11) is 1.99. The standard InChI is InChI=1S/C11H17NS/c1-9-5-4-6-11(7-9)13-10(2)8-12-3/h4-7,10,12H,8H2,1-3H3. The van der Waals surface area contributed by atoms with Gasteiger partial charge in [-0.2, -0.15) is 0 Å². The van der Waals surface area contributed by atoms with Gasteiger partial charge in [0.25, 0.3) is 0 Å². The molecule has 0 aliphatic rings. The van der Waals surface area contributed by atoms with Gasteiger partial charge in [0.1, 0.15) is 0 Å². The second-order valence-corrected chi connectivity index (χ2v) is 4.81. The number of rotatable bonds is 4. The molecule has 1 aromatic carbocycles. The zero-order chi connectivity index (χ0) is 9.68. The van der Waals surface area contributed by atoms with Gasteiger partial charge in [-0.1, -0.05) is 24.6 Å². The monoisotopic (exact) mass is 195 g/mol. The van der Waals surface area contributed by atoms with Crippen molar-refractivity contribution in [3.8, 4) is 0 Å². The lowest BCUT2D eigenvalue weighted by Gasteiger charge is -2.10. The van der Waals surface area contributed by atoms with E-state index < -0.39 is 0 Å². The molecule has 1 atom stereocenters. The topological polar surface area (TPSA) is 12.0 Å². The van der Waals surface area contributed by atoms with Gasteiger partial charge in [0.15, 0.2) is 0 Å². The fourth-order valence-electron chi connectivity index (χ4n) is 1.25. The van der Waals surface area contributed by atoms with Crippen molar-refractivity contribution in [1.29, 1.82) is 0 Å². The predicted molar refractivity (Wildman–Crippen MR) is 60.4 cm³/mol. The zero-order valence-corrected chi connectivity index (χ0v) is 9.32. The normalized spacial score (nSPS) is 12.8. The molecule has 0 aromatic heterocycles. The van der Waals surface area contributed by atoms with E-state index in [1.54, 1.807) is 0 Å². The Morgan fingerprint density at radius 2 is 2.23 bits per heavy atom. The molecule has 1 rings (SSSR count). The maximum atomic E-state index is 3.18. The van der Waals surface area contributed by atoms with Crippen molar-refractivity contribution in [3.63, 3.8) is 0 Å². The number of hydrogen-bond acceptors (Lipinski definition) is 2. The van der Waals surface area contributed by atoms with Crippen LogP contribution in [-0.4, -0.2) is 18.8 Å². The summed E-state index contributed by atoms with van der Waals surface area (Å²) < 4.78 is 0. The molecule has 0 aliphatic carbocycles. The lowest BCUT2D eigenvalue weighted by Crippen LogP contribution is -2.17. The average molecular weight is 195 g/mol. The van der Waals surface area contributed by atoms with Gasteiger partial charge in [0, 0.05) is 16.7 Å². The minimum absolute atomic E-state index is 0.631. The Morgan fingerprint density at radius 3 is 2.85 bits per heavy atom. The van der Waals surface area contributed by atoms with Gasteiger partial charge in [-0.25, -0.2) is 0 Å². The Hall–Kier alpha value is -0.470. The van der Waals surface area contributed by atoms with Crippen LogP contribution in [0.25, 0.3) is 0 Å². The van der Waals surface area contributed by atoms with Gasteiger partial charge in [-0.15, -0.1) is 11.8 Å². The van der Waals surface area contributed by atoms with E-state index in [1.807, 2.05) is 18.8 Å². The van der Waals surface area contributed by atoms with Crippen molar-refractivity contribution in [1.82, 2.24) is 5.32 Å². The minimum Gasteiger partial charge on any atom is -0.319 e. The fourth-order valence-corrected chi connectivity index (χ4v) is 2.38. The molecule has 0 amide bonds. The molecule has 0 bridgehead atoms. The first-order valence-electron chi connectivity index (χ1n) is 4.60. The maximum Gasteiger partial charge on any atom is 0.0191 e. The highest BCUT2D eigenvalue weighted by Crippen LogP contribution is 2.23. The molecule has 0 radical (unpaired) electrons. The van der Waals surface area contributed by atoms with Crippen molar-refractivity contribution < 1.29 is 0 Å². The zero-order valence-electron chi connectivity index (χ0n) is 8.50. The number of hydrogen-bond donors (Lipinski definition) is 1. The van der Waals surface area contributed by atoms with Crippen LogP contribution in [0.2, 0.25) is 0 Å². The average Bonchev–Trinajstić information content (AvgIpc) is 2.04. The molecule has 1 N–H and O–H groups in total. The summed E-state index contributed by atoms with van der Waals surface area (Å²) in [6.07, 6.45) is 0. The van der Waals surface area contributed by atoms with E-state index in [9.17, 15) is 0 Å². The Bertz CT molecular complexity index is 260. The van der Waals surface area contributed by atoms with Crippen molar-refractivity contribution >= 4 is 11.8 Å². The second kappa shape index (κ2) is 5.30. The van der Waals surface area contributed by atoms with E-state index in [2.05, 4.69) is 43.4 Å². The summed E-state index contributed by atoms with van der Waals surface area (Å²) in [6.45, 7) is 5.43. The predicted octanol–water partition coefficient (Wildman–Crippen LogP) is 2.70. The van der Waals surface area contributed by atoms with Gasteiger partial charge in [0.2, 0.25) is 0 Å². The van der Waals surface area contributed by atoms with Crippen LogP contribution in [-0.2, 0) is 0 Å². The number of thioether (sulfide) groups is 1. The van der Waals surface area contributed by atoms with Crippen LogP contribution in [0.1, 0.15) is 12.5 Å². The molecule has 1 unspecified atom stereocenters. The molecule has 0 spiro atoms. The molecule has 1 nitrogen and oxygen atoms in total. The van der Waals surface area contributed by atoms with E-state index in [0.717, 1.165) is 6.54 Å². The van der Waals surface area contributed by atoms with Gasteiger partial charge in [-0.05, 0) is 26.1 Å². The van der Waals surface area contributed by atoms with Gasteiger partial charge >= 0.3 is 0 Å². The first kappa shape index (κ1) is 10.6. The third-order valence-electron chi connectivity index (χ3n) is 1.82. The molecule has 0 saturated heterocycles. The number of benzene rings is 1. The van der Waals surface area contributed by atoms with Crippen molar-refractivity contribution in [2.45, 2.75) is 24.0 Å². The smallest absolute Gasteiger partial charge is 0.0191 e. The van der Waals surface area contributed by atoms with Gasteiger partial charge in [0.05, 0.1) is 0 Å². The van der Waals surface area contributed by atoms with E-state index in [4.69, 9.17) is 0 Å².